The zero-order valence-corrected chi connectivity index (χ0v) is 29.7. The molecule has 0 aliphatic carbocycles. The van der Waals surface area contributed by atoms with Crippen LogP contribution in [-0.4, -0.2) is 144 Å². The summed E-state index contributed by atoms with van der Waals surface area (Å²) in [5.74, 6) is -10.1. The van der Waals surface area contributed by atoms with Gasteiger partial charge in [0, 0.05) is 20.8 Å². The Kier molecular flexibility index (Phi) is 13.7. The molecule has 0 saturated carbocycles. The first-order valence-corrected chi connectivity index (χ1v) is 15.5. The number of carbonyl (C=O) groups excluding carboxylic acids is 7. The minimum absolute atomic E-state index is 0.572. The number of hydrogen-bond donors (Lipinski definition) is 5. The molecule has 2 fully saturated rings. The number of halogens is 3. The van der Waals surface area contributed by atoms with Gasteiger partial charge in [-0.05, 0) is 27.7 Å². The van der Waals surface area contributed by atoms with Gasteiger partial charge in [-0.3, -0.25) is 39.0 Å². The third-order valence-electron chi connectivity index (χ3n) is 7.81. The first-order valence-electron chi connectivity index (χ1n) is 14.3. The van der Waals surface area contributed by atoms with E-state index in [0.717, 1.165) is 27.7 Å². The van der Waals surface area contributed by atoms with Crippen molar-refractivity contribution in [1.82, 2.24) is 0 Å². The Morgan fingerprint density at radius 1 is 0.720 bits per heavy atom. The standard InChI is InChI=1S/C28H36Cl3NO18/c1-9(33)17(40)21-25(41,10(2)34)27(43,12(4)36)26(42,11(3)35)24(49-21)44-8-16-18(45-13(5)37)19(46-14(6)38)20(47-15(7)39)22(48-16)50-23(32)28(29,30)31/h16-22,24,32,40-43H,8H2,1-7H3/t16-,17?,18-,19+,20-,21-,22+,24-,25-,26+,27+/m1/s1. The number of aliphatic hydroxyl groups is 4. The maximum Gasteiger partial charge on any atom is 0.303 e. The SMILES string of the molecule is CC(=O)O[C@@H]1[C@@H](OC(C)=O)[C@H](OC(=N)C(Cl)(Cl)Cl)O[C@H](CO[C@@H]2O[C@H](C(O)C(C)=O)[C@](O)(C(C)=O)[C@@](O)(C(C)=O)[C@]2(O)C(C)=O)[C@H]1OC(C)=O. The molecule has 0 amide bonds. The number of nitrogens with one attached hydrogen (secondary N) is 1. The normalized spacial score (nSPS) is 34.8. The van der Waals surface area contributed by atoms with Crippen molar-refractivity contribution in [3.63, 3.8) is 0 Å². The second kappa shape index (κ2) is 15.8. The van der Waals surface area contributed by atoms with Gasteiger partial charge in [0.25, 0.3) is 3.79 Å². The van der Waals surface area contributed by atoms with Gasteiger partial charge in [0.1, 0.15) is 18.3 Å². The number of rotatable bonds is 12. The zero-order valence-electron chi connectivity index (χ0n) is 27.5. The molecule has 5 N–H and O–H groups in total. The Morgan fingerprint density at radius 2 is 1.18 bits per heavy atom. The predicted molar refractivity (Wildman–Crippen MR) is 163 cm³/mol. The summed E-state index contributed by atoms with van der Waals surface area (Å²) in [5.41, 5.74) is -11.2. The number of carbonyl (C=O) groups is 7. The number of Topliss-reactive ketones (excluding diaryl/α,β-unsaturated/α-hetero) is 4. The summed E-state index contributed by atoms with van der Waals surface area (Å²) in [6.45, 7) is 4.22. The maximum atomic E-state index is 13.1. The van der Waals surface area contributed by atoms with Crippen molar-refractivity contribution in [1.29, 1.82) is 5.41 Å². The van der Waals surface area contributed by atoms with Crippen molar-refractivity contribution in [3.8, 4) is 0 Å². The molecule has 19 nitrogen and oxygen atoms in total. The van der Waals surface area contributed by atoms with Crippen molar-refractivity contribution >= 4 is 81.7 Å². The Hall–Kier alpha value is -2.85. The molecule has 22 heteroatoms. The third kappa shape index (κ3) is 8.11. The van der Waals surface area contributed by atoms with Gasteiger partial charge in [-0.15, -0.1) is 0 Å². The van der Waals surface area contributed by atoms with Gasteiger partial charge in [-0.25, -0.2) is 0 Å². The van der Waals surface area contributed by atoms with Crippen molar-refractivity contribution in [2.45, 2.75) is 118 Å². The molecule has 11 atom stereocenters. The number of esters is 3. The minimum atomic E-state index is -3.86. The van der Waals surface area contributed by atoms with Gasteiger partial charge < -0.3 is 53.6 Å². The number of alkyl halides is 3. The third-order valence-corrected chi connectivity index (χ3v) is 8.33. The lowest BCUT2D eigenvalue weighted by molar-refractivity contribution is -0.379. The van der Waals surface area contributed by atoms with E-state index in [9.17, 15) is 54.0 Å². The molecule has 2 aliphatic rings. The molecule has 1 unspecified atom stereocenters. The molecule has 0 aromatic heterocycles. The lowest BCUT2D eigenvalue weighted by atomic mass is 9.60. The fraction of sp³-hybridized carbons (Fsp3) is 0.714. The van der Waals surface area contributed by atoms with Crippen LogP contribution < -0.4 is 0 Å². The number of aliphatic hydroxyl groups excluding tert-OH is 1. The average Bonchev–Trinajstić information content (AvgIpc) is 2.96. The highest BCUT2D eigenvalue weighted by Gasteiger charge is 2.79. The van der Waals surface area contributed by atoms with E-state index >= 15 is 0 Å². The number of ketones is 4. The lowest BCUT2D eigenvalue weighted by Gasteiger charge is -2.58. The number of ether oxygens (including phenoxy) is 7. The molecule has 50 heavy (non-hydrogen) atoms. The maximum absolute atomic E-state index is 13.1. The second-order valence-corrected chi connectivity index (χ2v) is 13.7. The highest BCUT2D eigenvalue weighted by Crippen LogP contribution is 2.48. The predicted octanol–water partition coefficient (Wildman–Crippen LogP) is -1.48. The van der Waals surface area contributed by atoms with E-state index in [1.165, 1.54) is 0 Å². The molecule has 2 aliphatic heterocycles. The molecule has 0 aromatic rings. The van der Waals surface area contributed by atoms with E-state index in [4.69, 9.17) is 73.4 Å². The molecule has 0 bridgehead atoms. The molecule has 282 valence electrons. The van der Waals surface area contributed by atoms with Crippen LogP contribution in [0.2, 0.25) is 0 Å². The van der Waals surface area contributed by atoms with Gasteiger partial charge in [0.2, 0.25) is 29.5 Å². The Balaban J connectivity index is 2.79. The van der Waals surface area contributed by atoms with Crippen LogP contribution >= 0.6 is 34.8 Å². The van der Waals surface area contributed by atoms with Gasteiger partial charge in [-0.1, -0.05) is 34.8 Å². The molecule has 2 heterocycles. The van der Waals surface area contributed by atoms with Crippen molar-refractivity contribution < 1.29 is 87.1 Å². The van der Waals surface area contributed by atoms with E-state index in [2.05, 4.69) is 0 Å². The Morgan fingerprint density at radius 3 is 1.58 bits per heavy atom. The summed E-state index contributed by atoms with van der Waals surface area (Å²) in [5, 5.41) is 53.6. The Labute approximate surface area is 298 Å². The van der Waals surface area contributed by atoms with Gasteiger partial charge in [-0.2, -0.15) is 0 Å². The molecular formula is C28H36Cl3NO18. The summed E-state index contributed by atoms with van der Waals surface area (Å²) in [6, 6.07) is 0. The fourth-order valence-corrected chi connectivity index (χ4v) is 5.67. The van der Waals surface area contributed by atoms with Crippen molar-refractivity contribution in [2.24, 2.45) is 0 Å². The van der Waals surface area contributed by atoms with Gasteiger partial charge in [0.15, 0.2) is 47.2 Å². The molecule has 2 rings (SSSR count). The highest BCUT2D eigenvalue weighted by atomic mass is 35.6. The molecule has 0 aromatic carbocycles. The van der Waals surface area contributed by atoms with Crippen LogP contribution in [-0.2, 0) is 66.7 Å². The monoisotopic (exact) mass is 779 g/mol. The van der Waals surface area contributed by atoms with Crippen LogP contribution in [0.3, 0.4) is 0 Å². The zero-order chi connectivity index (χ0) is 38.9. The van der Waals surface area contributed by atoms with E-state index in [0.29, 0.717) is 20.8 Å². The highest BCUT2D eigenvalue weighted by molar-refractivity contribution is 6.76. The first kappa shape index (κ1) is 43.3. The molecular weight excluding hydrogens is 745 g/mol. The summed E-state index contributed by atoms with van der Waals surface area (Å²) in [4.78, 5) is 87.6. The minimum Gasteiger partial charge on any atom is -0.456 e. The van der Waals surface area contributed by atoms with Crippen LogP contribution in [0.4, 0.5) is 0 Å². The Bertz CT molecular complexity index is 1420. The smallest absolute Gasteiger partial charge is 0.303 e. The van der Waals surface area contributed by atoms with E-state index < -0.39 is 123 Å². The van der Waals surface area contributed by atoms with Crippen LogP contribution in [0.1, 0.15) is 48.5 Å². The average molecular weight is 781 g/mol. The lowest BCUT2D eigenvalue weighted by Crippen LogP contribution is -2.87. The fourth-order valence-electron chi connectivity index (χ4n) is 5.53. The van der Waals surface area contributed by atoms with Gasteiger partial charge in [0.05, 0.1) is 6.61 Å². The van der Waals surface area contributed by atoms with Crippen LogP contribution in [0.25, 0.3) is 0 Å². The van der Waals surface area contributed by atoms with E-state index in [1.54, 1.807) is 0 Å². The van der Waals surface area contributed by atoms with Crippen LogP contribution in [0.5, 0.6) is 0 Å². The summed E-state index contributed by atoms with van der Waals surface area (Å²) in [7, 11) is 0. The summed E-state index contributed by atoms with van der Waals surface area (Å²) in [6.07, 6.45) is -17.1. The number of hydrogen-bond acceptors (Lipinski definition) is 19. The summed E-state index contributed by atoms with van der Waals surface area (Å²) >= 11 is 17.1. The summed E-state index contributed by atoms with van der Waals surface area (Å²) < 4.78 is 35.2. The van der Waals surface area contributed by atoms with Crippen molar-refractivity contribution in [2.75, 3.05) is 6.61 Å². The molecule has 0 radical (unpaired) electrons. The van der Waals surface area contributed by atoms with E-state index in [1.807, 2.05) is 0 Å². The quantitative estimate of drug-likeness (QED) is 0.0496. The van der Waals surface area contributed by atoms with Crippen molar-refractivity contribution in [3.05, 3.63) is 0 Å². The van der Waals surface area contributed by atoms with Gasteiger partial charge >= 0.3 is 17.9 Å². The van der Waals surface area contributed by atoms with Crippen LogP contribution in [0.15, 0.2) is 0 Å². The largest absolute Gasteiger partial charge is 0.456 e. The molecule has 0 spiro atoms. The second-order valence-electron chi connectivity index (χ2n) is 11.4. The van der Waals surface area contributed by atoms with E-state index in [-0.39, 0.29) is 0 Å². The topological polar surface area (TPSA) is 289 Å². The first-order chi connectivity index (χ1) is 22.7. The van der Waals surface area contributed by atoms with Crippen LogP contribution in [0, 0.1) is 5.41 Å². The molecule has 2 saturated heterocycles.